The number of hydrogen-bond donors (Lipinski definition) is 1. The number of aliphatic hydroxyl groups excluding tert-OH is 1. The van der Waals surface area contributed by atoms with Crippen LogP contribution in [0.5, 0.6) is 0 Å². The number of aliphatic hydroxyl groups is 1. The van der Waals surface area contributed by atoms with E-state index in [1.165, 1.54) is 0 Å². The van der Waals surface area contributed by atoms with Crippen LogP contribution in [0.4, 0.5) is 0 Å². The smallest absolute Gasteiger partial charge is 0.340 e. The van der Waals surface area contributed by atoms with Gasteiger partial charge in [0.25, 0.3) is 0 Å². The topological polar surface area (TPSA) is 77.2 Å². The van der Waals surface area contributed by atoms with Gasteiger partial charge in [0.15, 0.2) is 0 Å². The van der Waals surface area contributed by atoms with E-state index in [2.05, 4.69) is 16.9 Å². The molecule has 2 heterocycles. The Bertz CT molecular complexity index is 999. The zero-order valence-electron chi connectivity index (χ0n) is 17.3. The molecule has 0 saturated heterocycles. The van der Waals surface area contributed by atoms with Crippen molar-refractivity contribution < 1.29 is 14.6 Å². The van der Waals surface area contributed by atoms with Gasteiger partial charge in [0.2, 0.25) is 0 Å². The number of carbonyl (C=O) groups is 1. The second-order valence-corrected chi connectivity index (χ2v) is 7.29. The SMILES string of the molecule is CCCCc1nc(CO)c(Cl)n1Cc1ccc(-c2ncccc2C(=O)OCC)cc1. The molecular weight excluding hydrogens is 402 g/mol. The highest BCUT2D eigenvalue weighted by atomic mass is 35.5. The Kier molecular flexibility index (Phi) is 7.60. The van der Waals surface area contributed by atoms with Gasteiger partial charge in [0.05, 0.1) is 31.0 Å². The van der Waals surface area contributed by atoms with Crippen molar-refractivity contribution in [1.82, 2.24) is 14.5 Å². The van der Waals surface area contributed by atoms with Gasteiger partial charge in [-0.3, -0.25) is 4.98 Å². The second-order valence-electron chi connectivity index (χ2n) is 6.93. The maximum Gasteiger partial charge on any atom is 0.340 e. The first-order chi connectivity index (χ1) is 14.6. The molecule has 1 aromatic carbocycles. The molecule has 1 N–H and O–H groups in total. The highest BCUT2D eigenvalue weighted by molar-refractivity contribution is 6.30. The standard InChI is InChI=1S/C23H26ClN3O3/c1-3-5-8-20-26-19(15-28)22(24)27(20)14-16-9-11-17(12-10-16)21-18(7-6-13-25-21)23(29)30-4-2/h6-7,9-13,28H,3-5,8,14-15H2,1-2H3. The Morgan fingerprint density at radius 3 is 2.63 bits per heavy atom. The van der Waals surface area contributed by atoms with Gasteiger partial charge in [-0.05, 0) is 31.0 Å². The van der Waals surface area contributed by atoms with Crippen molar-refractivity contribution in [3.8, 4) is 11.3 Å². The fraction of sp³-hybridized carbons (Fsp3) is 0.348. The monoisotopic (exact) mass is 427 g/mol. The van der Waals surface area contributed by atoms with Crippen LogP contribution < -0.4 is 0 Å². The predicted octanol–water partition coefficient (Wildman–Crippen LogP) is 4.66. The summed E-state index contributed by atoms with van der Waals surface area (Å²) < 4.78 is 7.09. The van der Waals surface area contributed by atoms with Crippen molar-refractivity contribution in [2.45, 2.75) is 46.3 Å². The minimum absolute atomic E-state index is 0.180. The number of aryl methyl sites for hydroxylation is 1. The summed E-state index contributed by atoms with van der Waals surface area (Å²) in [6, 6.07) is 11.3. The van der Waals surface area contributed by atoms with Crippen molar-refractivity contribution in [1.29, 1.82) is 0 Å². The third kappa shape index (κ3) is 4.89. The first kappa shape index (κ1) is 22.0. The highest BCUT2D eigenvalue weighted by Gasteiger charge is 2.17. The fourth-order valence-electron chi connectivity index (χ4n) is 3.28. The Labute approximate surface area is 181 Å². The molecule has 0 amide bonds. The van der Waals surface area contributed by atoms with E-state index in [4.69, 9.17) is 16.3 Å². The maximum absolute atomic E-state index is 12.2. The molecule has 0 atom stereocenters. The first-order valence-corrected chi connectivity index (χ1v) is 10.5. The Morgan fingerprint density at radius 1 is 1.20 bits per heavy atom. The summed E-state index contributed by atoms with van der Waals surface area (Å²) in [5.74, 6) is 0.497. The van der Waals surface area contributed by atoms with Gasteiger partial charge >= 0.3 is 5.97 Å². The van der Waals surface area contributed by atoms with E-state index in [0.717, 1.165) is 36.2 Å². The summed E-state index contributed by atoms with van der Waals surface area (Å²) in [5, 5.41) is 9.99. The van der Waals surface area contributed by atoms with Gasteiger partial charge in [0.1, 0.15) is 16.7 Å². The van der Waals surface area contributed by atoms with Crippen LogP contribution in [0.15, 0.2) is 42.6 Å². The quantitative estimate of drug-likeness (QED) is 0.502. The zero-order valence-corrected chi connectivity index (χ0v) is 18.0. The lowest BCUT2D eigenvalue weighted by Gasteiger charge is -2.11. The van der Waals surface area contributed by atoms with E-state index in [1.54, 1.807) is 25.3 Å². The van der Waals surface area contributed by atoms with E-state index in [9.17, 15) is 9.90 Å². The molecular formula is C23H26ClN3O3. The van der Waals surface area contributed by atoms with Crippen LogP contribution in [-0.2, 0) is 24.3 Å². The molecule has 158 valence electrons. The number of carbonyl (C=O) groups excluding carboxylic acids is 1. The fourth-order valence-corrected chi connectivity index (χ4v) is 3.54. The molecule has 6 nitrogen and oxygen atoms in total. The molecule has 0 fully saturated rings. The number of ether oxygens (including phenoxy) is 1. The van der Waals surface area contributed by atoms with Crippen molar-refractivity contribution >= 4 is 17.6 Å². The maximum atomic E-state index is 12.2. The van der Waals surface area contributed by atoms with E-state index >= 15 is 0 Å². The van der Waals surface area contributed by atoms with Crippen molar-refractivity contribution in [3.05, 3.63) is 70.4 Å². The van der Waals surface area contributed by atoms with Crippen LogP contribution >= 0.6 is 11.6 Å². The lowest BCUT2D eigenvalue weighted by atomic mass is 10.0. The molecule has 0 saturated carbocycles. The number of esters is 1. The number of imidazole rings is 1. The van der Waals surface area contributed by atoms with Crippen LogP contribution in [-0.4, -0.2) is 32.2 Å². The number of halogens is 1. The number of nitrogens with zero attached hydrogens (tertiary/aromatic N) is 3. The van der Waals surface area contributed by atoms with Crippen molar-refractivity contribution in [2.24, 2.45) is 0 Å². The normalized spacial score (nSPS) is 10.9. The van der Waals surface area contributed by atoms with Crippen LogP contribution in [0, 0.1) is 0 Å². The Morgan fingerprint density at radius 2 is 1.97 bits per heavy atom. The molecule has 0 spiro atoms. The third-order valence-electron chi connectivity index (χ3n) is 4.83. The van der Waals surface area contributed by atoms with E-state index < -0.39 is 0 Å². The largest absolute Gasteiger partial charge is 0.462 e. The van der Waals surface area contributed by atoms with Crippen molar-refractivity contribution in [3.63, 3.8) is 0 Å². The Balaban J connectivity index is 1.86. The second kappa shape index (κ2) is 10.4. The van der Waals surface area contributed by atoms with Crippen LogP contribution in [0.1, 0.15) is 54.1 Å². The zero-order chi connectivity index (χ0) is 21.5. The summed E-state index contributed by atoms with van der Waals surface area (Å²) in [7, 11) is 0. The number of benzene rings is 1. The minimum Gasteiger partial charge on any atom is -0.462 e. The molecule has 0 aliphatic rings. The predicted molar refractivity (Wildman–Crippen MR) is 117 cm³/mol. The van der Waals surface area contributed by atoms with Crippen LogP contribution in [0.2, 0.25) is 5.15 Å². The summed E-state index contributed by atoms with van der Waals surface area (Å²) in [6.07, 6.45) is 4.53. The minimum atomic E-state index is -0.382. The molecule has 3 aromatic rings. The Hall–Kier alpha value is -2.70. The number of pyridine rings is 1. The number of unbranched alkanes of at least 4 members (excludes halogenated alkanes) is 1. The van der Waals surface area contributed by atoms with E-state index in [1.807, 2.05) is 28.8 Å². The number of rotatable bonds is 9. The molecule has 0 aliphatic heterocycles. The molecule has 0 bridgehead atoms. The third-order valence-corrected chi connectivity index (χ3v) is 5.25. The van der Waals surface area contributed by atoms with Crippen molar-refractivity contribution in [2.75, 3.05) is 6.61 Å². The van der Waals surface area contributed by atoms with Crippen LogP contribution in [0.3, 0.4) is 0 Å². The number of hydrogen-bond acceptors (Lipinski definition) is 5. The summed E-state index contributed by atoms with van der Waals surface area (Å²) >= 11 is 6.45. The average Bonchev–Trinajstić information content (AvgIpc) is 3.07. The number of aromatic nitrogens is 3. The average molecular weight is 428 g/mol. The van der Waals surface area contributed by atoms with Gasteiger partial charge in [-0.15, -0.1) is 0 Å². The van der Waals surface area contributed by atoms with Gasteiger partial charge in [-0.2, -0.15) is 0 Å². The molecule has 7 heteroatoms. The first-order valence-electron chi connectivity index (χ1n) is 10.1. The summed E-state index contributed by atoms with van der Waals surface area (Å²) in [6.45, 7) is 4.59. The van der Waals surface area contributed by atoms with E-state index in [-0.39, 0.29) is 12.6 Å². The van der Waals surface area contributed by atoms with Gasteiger partial charge in [-0.25, -0.2) is 9.78 Å². The summed E-state index contributed by atoms with van der Waals surface area (Å²) in [4.78, 5) is 21.1. The van der Waals surface area contributed by atoms with Gasteiger partial charge in [-0.1, -0.05) is 49.2 Å². The molecule has 3 rings (SSSR count). The molecule has 0 aliphatic carbocycles. The molecule has 0 radical (unpaired) electrons. The molecule has 2 aromatic heterocycles. The lowest BCUT2D eigenvalue weighted by Crippen LogP contribution is -2.08. The van der Waals surface area contributed by atoms with E-state index in [0.29, 0.717) is 35.3 Å². The van der Waals surface area contributed by atoms with Gasteiger partial charge < -0.3 is 14.4 Å². The molecule has 0 unspecified atom stereocenters. The molecule has 30 heavy (non-hydrogen) atoms. The summed E-state index contributed by atoms with van der Waals surface area (Å²) in [5.41, 5.74) is 3.41. The highest BCUT2D eigenvalue weighted by Crippen LogP contribution is 2.25. The van der Waals surface area contributed by atoms with Gasteiger partial charge in [0, 0.05) is 18.2 Å². The van der Waals surface area contributed by atoms with Crippen LogP contribution in [0.25, 0.3) is 11.3 Å². The lowest BCUT2D eigenvalue weighted by molar-refractivity contribution is 0.0527.